The zero-order chi connectivity index (χ0) is 13.3. The Morgan fingerprint density at radius 3 is 2.41 bits per heavy atom. The molecule has 0 bridgehead atoms. The Labute approximate surface area is 98.4 Å². The first kappa shape index (κ1) is 15.1. The van der Waals surface area contributed by atoms with Gasteiger partial charge in [0.2, 0.25) is 5.91 Å². The first-order valence-corrected chi connectivity index (χ1v) is 4.77. The van der Waals surface area contributed by atoms with Crippen molar-refractivity contribution in [2.24, 2.45) is 0 Å². The average molecular weight is 245 g/mol. The summed E-state index contributed by atoms with van der Waals surface area (Å²) in [7, 11) is 2.39. The molecule has 0 aliphatic rings. The molecule has 96 valence electrons. The highest BCUT2D eigenvalue weighted by Crippen LogP contribution is 1.97. The number of aliphatic hydroxyl groups excluding tert-OH is 1. The van der Waals surface area contributed by atoms with Crippen LogP contribution in [-0.2, 0) is 23.9 Å². The third kappa shape index (κ3) is 6.31. The van der Waals surface area contributed by atoms with Crippen molar-refractivity contribution in [2.45, 2.75) is 12.5 Å². The van der Waals surface area contributed by atoms with Crippen LogP contribution < -0.4 is 5.32 Å². The van der Waals surface area contributed by atoms with Crippen molar-refractivity contribution in [1.29, 1.82) is 0 Å². The number of rotatable bonds is 6. The Bertz CT molecular complexity index is 312. The first-order valence-electron chi connectivity index (χ1n) is 4.77. The van der Waals surface area contributed by atoms with E-state index in [9.17, 15) is 14.4 Å². The van der Waals surface area contributed by atoms with Crippen LogP contribution in [-0.4, -0.2) is 49.8 Å². The number of ether oxygens (including phenoxy) is 2. The number of nitrogens with one attached hydrogen (secondary N) is 1. The third-order valence-electron chi connectivity index (χ3n) is 1.79. The Balaban J connectivity index is 4.39. The number of carbonyl (C=O) groups is 3. The van der Waals surface area contributed by atoms with Crippen molar-refractivity contribution in [2.75, 3.05) is 20.8 Å². The summed E-state index contributed by atoms with van der Waals surface area (Å²) in [6.07, 6.45) is 2.56. The van der Waals surface area contributed by atoms with Crippen LogP contribution in [0.1, 0.15) is 6.42 Å². The van der Waals surface area contributed by atoms with Gasteiger partial charge in [-0.05, 0) is 6.42 Å². The fraction of sp³-hybridized carbons (Fsp3) is 0.500. The maximum Gasteiger partial charge on any atom is 0.330 e. The lowest BCUT2D eigenvalue weighted by Crippen LogP contribution is -2.42. The normalized spacial score (nSPS) is 11.9. The summed E-state index contributed by atoms with van der Waals surface area (Å²) >= 11 is 0. The molecule has 0 heterocycles. The second kappa shape index (κ2) is 8.28. The van der Waals surface area contributed by atoms with E-state index in [1.54, 1.807) is 0 Å². The molecule has 0 radical (unpaired) electrons. The summed E-state index contributed by atoms with van der Waals surface area (Å²) in [4.78, 5) is 32.9. The molecule has 0 saturated carbocycles. The van der Waals surface area contributed by atoms with Crippen LogP contribution in [0.3, 0.4) is 0 Å². The minimum absolute atomic E-state index is 0.0630. The van der Waals surface area contributed by atoms with E-state index in [-0.39, 0.29) is 6.42 Å². The van der Waals surface area contributed by atoms with Gasteiger partial charge in [0.1, 0.15) is 12.6 Å². The monoisotopic (exact) mass is 245 g/mol. The highest BCUT2D eigenvalue weighted by molar-refractivity contribution is 5.85. The molecular formula is C10H15NO6. The van der Waals surface area contributed by atoms with E-state index in [1.807, 2.05) is 0 Å². The van der Waals surface area contributed by atoms with Gasteiger partial charge in [-0.3, -0.25) is 4.79 Å². The second-order valence-corrected chi connectivity index (χ2v) is 2.96. The number of hydrogen-bond donors (Lipinski definition) is 2. The molecule has 0 spiro atoms. The topological polar surface area (TPSA) is 102 Å². The molecular weight excluding hydrogens is 230 g/mol. The van der Waals surface area contributed by atoms with Gasteiger partial charge in [-0.1, -0.05) is 6.08 Å². The van der Waals surface area contributed by atoms with Gasteiger partial charge >= 0.3 is 11.9 Å². The molecule has 1 amide bonds. The van der Waals surface area contributed by atoms with Crippen molar-refractivity contribution >= 4 is 17.8 Å². The number of methoxy groups -OCH3 is 2. The van der Waals surface area contributed by atoms with Crippen molar-refractivity contribution in [3.8, 4) is 0 Å². The molecule has 2 N–H and O–H groups in total. The minimum atomic E-state index is -0.944. The molecule has 0 saturated heterocycles. The average Bonchev–Trinajstić information content (AvgIpc) is 2.35. The maximum absolute atomic E-state index is 11.2. The van der Waals surface area contributed by atoms with E-state index < -0.39 is 30.5 Å². The van der Waals surface area contributed by atoms with Gasteiger partial charge in [0.05, 0.1) is 14.2 Å². The predicted octanol–water partition coefficient (Wildman–Crippen LogP) is -1.24. The third-order valence-corrected chi connectivity index (χ3v) is 1.79. The van der Waals surface area contributed by atoms with Crippen LogP contribution in [0, 0.1) is 0 Å². The van der Waals surface area contributed by atoms with Gasteiger partial charge in [0.25, 0.3) is 0 Å². The van der Waals surface area contributed by atoms with E-state index in [4.69, 9.17) is 5.11 Å². The lowest BCUT2D eigenvalue weighted by atomic mass is 10.2. The summed E-state index contributed by atoms with van der Waals surface area (Å²) in [6, 6.07) is -0.944. The summed E-state index contributed by atoms with van der Waals surface area (Å²) in [5.41, 5.74) is 0. The predicted molar refractivity (Wildman–Crippen MR) is 56.8 cm³/mol. The van der Waals surface area contributed by atoms with Crippen molar-refractivity contribution in [3.05, 3.63) is 12.2 Å². The number of carbonyl (C=O) groups excluding carboxylic acids is 3. The molecule has 17 heavy (non-hydrogen) atoms. The minimum Gasteiger partial charge on any atom is -0.467 e. The van der Waals surface area contributed by atoms with Crippen LogP contribution in [0.25, 0.3) is 0 Å². The molecule has 0 fully saturated rings. The summed E-state index contributed by atoms with van der Waals surface area (Å²) in [5.74, 6) is -1.93. The molecule has 7 heteroatoms. The number of esters is 2. The van der Waals surface area contributed by atoms with Crippen LogP contribution in [0.4, 0.5) is 0 Å². The molecule has 0 aromatic rings. The van der Waals surface area contributed by atoms with Crippen molar-refractivity contribution in [1.82, 2.24) is 5.32 Å². The molecule has 0 rings (SSSR count). The fourth-order valence-electron chi connectivity index (χ4n) is 0.965. The number of amides is 1. The molecule has 7 nitrogen and oxygen atoms in total. The van der Waals surface area contributed by atoms with Crippen molar-refractivity contribution in [3.63, 3.8) is 0 Å². The maximum atomic E-state index is 11.2. The molecule has 0 unspecified atom stereocenters. The van der Waals surface area contributed by atoms with Crippen LogP contribution in [0.15, 0.2) is 12.2 Å². The van der Waals surface area contributed by atoms with Crippen molar-refractivity contribution < 1.29 is 29.0 Å². The molecule has 0 aromatic heterocycles. The Kier molecular flexibility index (Phi) is 7.36. The largest absolute Gasteiger partial charge is 0.467 e. The summed E-state index contributed by atoms with van der Waals surface area (Å²) < 4.78 is 8.81. The molecule has 0 aliphatic heterocycles. The van der Waals surface area contributed by atoms with E-state index >= 15 is 0 Å². The second-order valence-electron chi connectivity index (χ2n) is 2.96. The first-order chi connectivity index (χ1) is 8.04. The Hall–Kier alpha value is -1.89. The molecule has 0 aromatic carbocycles. The van der Waals surface area contributed by atoms with Gasteiger partial charge in [-0.2, -0.15) is 0 Å². The summed E-state index contributed by atoms with van der Waals surface area (Å²) in [6.45, 7) is -0.728. The van der Waals surface area contributed by atoms with E-state index in [0.29, 0.717) is 0 Å². The highest BCUT2D eigenvalue weighted by Gasteiger charge is 2.19. The SMILES string of the molecule is COC(=O)/C=C/C[C@H](NC(=O)CO)C(=O)OC. The zero-order valence-electron chi connectivity index (χ0n) is 9.63. The van der Waals surface area contributed by atoms with Gasteiger partial charge in [-0.25, -0.2) is 9.59 Å². The van der Waals surface area contributed by atoms with E-state index in [2.05, 4.69) is 14.8 Å². The zero-order valence-corrected chi connectivity index (χ0v) is 9.63. The lowest BCUT2D eigenvalue weighted by molar-refractivity contribution is -0.145. The van der Waals surface area contributed by atoms with Gasteiger partial charge in [0.15, 0.2) is 0 Å². The van der Waals surface area contributed by atoms with E-state index in [1.165, 1.54) is 20.3 Å². The highest BCUT2D eigenvalue weighted by atomic mass is 16.5. The number of aliphatic hydroxyl groups is 1. The van der Waals surface area contributed by atoms with E-state index in [0.717, 1.165) is 6.08 Å². The Morgan fingerprint density at radius 2 is 1.94 bits per heavy atom. The lowest BCUT2D eigenvalue weighted by Gasteiger charge is -2.13. The van der Waals surface area contributed by atoms with Gasteiger partial charge in [-0.15, -0.1) is 0 Å². The molecule has 1 atom stereocenters. The standard InChI is InChI=1S/C10H15NO6/c1-16-9(14)5-3-4-7(10(15)17-2)11-8(13)6-12/h3,5,7,12H,4,6H2,1-2H3,(H,11,13)/b5-3+/t7-/m0/s1. The number of hydrogen-bond acceptors (Lipinski definition) is 6. The fourth-order valence-corrected chi connectivity index (χ4v) is 0.965. The van der Waals surface area contributed by atoms with Crippen LogP contribution in [0.5, 0.6) is 0 Å². The van der Waals surface area contributed by atoms with Crippen LogP contribution in [0.2, 0.25) is 0 Å². The summed E-state index contributed by atoms with van der Waals surface area (Å²) in [5, 5.41) is 10.8. The van der Waals surface area contributed by atoms with Gasteiger partial charge < -0.3 is 19.9 Å². The van der Waals surface area contributed by atoms with Gasteiger partial charge in [0, 0.05) is 6.08 Å². The van der Waals surface area contributed by atoms with Crippen LogP contribution >= 0.6 is 0 Å². The Morgan fingerprint density at radius 1 is 1.29 bits per heavy atom. The molecule has 0 aliphatic carbocycles. The quantitative estimate of drug-likeness (QED) is 0.448. The smallest absolute Gasteiger partial charge is 0.330 e.